The van der Waals surface area contributed by atoms with E-state index in [1.165, 1.54) is 21.3 Å². The maximum absolute atomic E-state index is 13.4. The Balaban J connectivity index is 1.60. The molecule has 15 nitrogen and oxygen atoms in total. The van der Waals surface area contributed by atoms with Crippen LogP contribution in [-0.4, -0.2) is 138 Å². The van der Waals surface area contributed by atoms with Gasteiger partial charge in [0.05, 0.1) is 25.7 Å². The van der Waals surface area contributed by atoms with E-state index in [4.69, 9.17) is 33.2 Å². The first kappa shape index (κ1) is 33.6. The van der Waals surface area contributed by atoms with Crippen LogP contribution < -0.4 is 0 Å². The molecule has 250 valence electrons. The average Bonchev–Trinajstić information content (AvgIpc) is 3.52. The summed E-state index contributed by atoms with van der Waals surface area (Å²) in [5.74, 6) is -2.13. The Kier molecular flexibility index (Phi) is 9.25. The molecular weight excluding hydrogens is 588 g/mol. The molecule has 0 aromatic carbocycles. The molecule has 0 spiro atoms. The first-order valence-electron chi connectivity index (χ1n) is 14.8. The minimum absolute atomic E-state index is 0.184. The summed E-state index contributed by atoms with van der Waals surface area (Å²) in [5, 5.41) is 65.0. The van der Waals surface area contributed by atoms with Crippen LogP contribution >= 0.6 is 0 Å². The van der Waals surface area contributed by atoms with Gasteiger partial charge in [0.1, 0.15) is 36.6 Å². The Bertz CT molecular complexity index is 1130. The van der Waals surface area contributed by atoms with Crippen LogP contribution in [0.5, 0.6) is 0 Å². The summed E-state index contributed by atoms with van der Waals surface area (Å²) in [5.41, 5.74) is -4.06. The smallest absolute Gasteiger partial charge is 0.334 e. The third-order valence-electron chi connectivity index (χ3n) is 10.9. The molecule has 15 heteroatoms. The summed E-state index contributed by atoms with van der Waals surface area (Å²) in [6.45, 7) is 2.95. The molecule has 15 atom stereocenters. The summed E-state index contributed by atoms with van der Waals surface area (Å²) < 4.78 is 39.1. The van der Waals surface area contributed by atoms with Crippen LogP contribution in [0.15, 0.2) is 11.6 Å². The minimum Gasteiger partial charge on any atom is -0.466 e. The zero-order valence-electron chi connectivity index (χ0n) is 25.4. The first-order valence-corrected chi connectivity index (χ1v) is 14.8. The number of ether oxygens (including phenoxy) is 7. The van der Waals surface area contributed by atoms with Crippen molar-refractivity contribution >= 4 is 11.9 Å². The fourth-order valence-corrected chi connectivity index (χ4v) is 8.44. The second-order valence-electron chi connectivity index (χ2n) is 12.9. The molecule has 3 aliphatic heterocycles. The highest BCUT2D eigenvalue weighted by Crippen LogP contribution is 2.66. The van der Waals surface area contributed by atoms with E-state index < -0.39 is 108 Å². The summed E-state index contributed by atoms with van der Waals surface area (Å²) in [6, 6.07) is 0. The predicted octanol–water partition coefficient (Wildman–Crippen LogP) is -1.90. The number of allylic oxidation sites excluding steroid dienone is 1. The number of rotatable bonds is 9. The fraction of sp³-hybridized carbons (Fsp3) is 0.862. The second kappa shape index (κ2) is 12.1. The van der Waals surface area contributed by atoms with E-state index >= 15 is 0 Å². The molecule has 3 saturated heterocycles. The van der Waals surface area contributed by atoms with E-state index in [0.717, 1.165) is 0 Å². The molecule has 0 radical (unpaired) electrons. The molecule has 4 fully saturated rings. The summed E-state index contributed by atoms with van der Waals surface area (Å²) in [7, 11) is 3.77. The van der Waals surface area contributed by atoms with Crippen LogP contribution in [0.1, 0.15) is 39.5 Å². The highest BCUT2D eigenvalue weighted by molar-refractivity contribution is 5.91. The molecule has 0 aromatic rings. The van der Waals surface area contributed by atoms with Crippen molar-refractivity contribution in [2.75, 3.05) is 27.9 Å². The van der Waals surface area contributed by atoms with E-state index in [1.807, 2.05) is 13.8 Å². The van der Waals surface area contributed by atoms with E-state index in [0.29, 0.717) is 18.4 Å². The summed E-state index contributed by atoms with van der Waals surface area (Å²) in [4.78, 5) is 26.4. The topological polar surface area (TPSA) is 220 Å². The van der Waals surface area contributed by atoms with Crippen molar-refractivity contribution in [3.05, 3.63) is 11.6 Å². The van der Waals surface area contributed by atoms with Gasteiger partial charge in [-0.1, -0.05) is 19.9 Å². The van der Waals surface area contributed by atoms with Crippen LogP contribution in [0.4, 0.5) is 0 Å². The van der Waals surface area contributed by atoms with Gasteiger partial charge in [-0.25, -0.2) is 4.79 Å². The molecule has 2 aliphatic carbocycles. The Morgan fingerprint density at radius 3 is 2.36 bits per heavy atom. The van der Waals surface area contributed by atoms with Crippen LogP contribution in [0.2, 0.25) is 0 Å². The SMILES string of the molecule is COC(=O)C1=CCC[C@H]2[C@](C)(C[C@H](O[C@@H]3O[C@H](CO)[C@@H](O)[C@H](O)[C@H]3O)[C@@]3(O)[C@H](OC)O[C@H](OC)[C@H]3O)[C@H]3C[C@H](OC3=O)[C@@]12C. The van der Waals surface area contributed by atoms with Gasteiger partial charge in [-0.3, -0.25) is 4.79 Å². The lowest BCUT2D eigenvalue weighted by Gasteiger charge is -2.57. The van der Waals surface area contributed by atoms with Gasteiger partial charge in [-0.2, -0.15) is 0 Å². The van der Waals surface area contributed by atoms with Crippen LogP contribution in [0.3, 0.4) is 0 Å². The van der Waals surface area contributed by atoms with Gasteiger partial charge in [-0.05, 0) is 37.0 Å². The summed E-state index contributed by atoms with van der Waals surface area (Å²) in [6.07, 6.45) is -12.3. The minimum atomic E-state index is -2.40. The van der Waals surface area contributed by atoms with E-state index in [2.05, 4.69) is 0 Å². The molecule has 0 unspecified atom stereocenters. The van der Waals surface area contributed by atoms with Crippen LogP contribution in [0.25, 0.3) is 0 Å². The number of carbonyl (C=O) groups excluding carboxylic acids is 2. The van der Waals surface area contributed by atoms with Gasteiger partial charge in [-0.15, -0.1) is 0 Å². The third kappa shape index (κ3) is 4.83. The van der Waals surface area contributed by atoms with Gasteiger partial charge < -0.3 is 63.8 Å². The molecule has 2 bridgehead atoms. The van der Waals surface area contributed by atoms with Crippen LogP contribution in [0, 0.1) is 22.7 Å². The molecule has 0 amide bonds. The van der Waals surface area contributed by atoms with Crippen molar-refractivity contribution in [2.45, 2.75) is 107 Å². The average molecular weight is 633 g/mol. The molecule has 5 rings (SSSR count). The van der Waals surface area contributed by atoms with Crippen molar-refractivity contribution in [3.8, 4) is 0 Å². The van der Waals surface area contributed by atoms with Gasteiger partial charge in [0.15, 0.2) is 24.5 Å². The Labute approximate surface area is 254 Å². The maximum Gasteiger partial charge on any atom is 0.334 e. The van der Waals surface area contributed by atoms with Crippen molar-refractivity contribution in [1.29, 1.82) is 0 Å². The fourth-order valence-electron chi connectivity index (χ4n) is 8.44. The number of aliphatic hydroxyl groups excluding tert-OH is 5. The lowest BCUT2D eigenvalue weighted by Crippen LogP contribution is -2.65. The number of aliphatic hydroxyl groups is 6. The molecule has 1 saturated carbocycles. The van der Waals surface area contributed by atoms with Gasteiger partial charge in [0.2, 0.25) is 0 Å². The highest BCUT2D eigenvalue weighted by Gasteiger charge is 2.70. The van der Waals surface area contributed by atoms with Gasteiger partial charge in [0.25, 0.3) is 0 Å². The van der Waals surface area contributed by atoms with Crippen molar-refractivity contribution in [1.82, 2.24) is 0 Å². The van der Waals surface area contributed by atoms with Crippen LogP contribution in [-0.2, 0) is 42.7 Å². The third-order valence-corrected chi connectivity index (χ3v) is 10.9. The number of esters is 2. The van der Waals surface area contributed by atoms with Crippen molar-refractivity contribution in [3.63, 3.8) is 0 Å². The lowest BCUT2D eigenvalue weighted by molar-refractivity contribution is -0.340. The summed E-state index contributed by atoms with van der Waals surface area (Å²) >= 11 is 0. The normalized spacial score (nSPS) is 49.2. The van der Waals surface area contributed by atoms with Crippen molar-refractivity contribution in [2.24, 2.45) is 22.7 Å². The largest absolute Gasteiger partial charge is 0.466 e. The second-order valence-corrected chi connectivity index (χ2v) is 12.9. The number of fused-ring (bicyclic) bond motifs is 4. The molecule has 44 heavy (non-hydrogen) atoms. The zero-order chi connectivity index (χ0) is 32.4. The molecular formula is C29H44O15. The number of carbonyl (C=O) groups is 2. The maximum atomic E-state index is 13.4. The van der Waals surface area contributed by atoms with Gasteiger partial charge in [0, 0.05) is 25.2 Å². The van der Waals surface area contributed by atoms with E-state index in [-0.39, 0.29) is 12.8 Å². The number of methoxy groups -OCH3 is 3. The highest BCUT2D eigenvalue weighted by atomic mass is 16.8. The zero-order valence-corrected chi connectivity index (χ0v) is 25.4. The quantitative estimate of drug-likeness (QED) is 0.153. The lowest BCUT2D eigenvalue weighted by atomic mass is 9.46. The molecule has 5 aliphatic rings. The number of hydrogen-bond acceptors (Lipinski definition) is 15. The predicted molar refractivity (Wildman–Crippen MR) is 144 cm³/mol. The van der Waals surface area contributed by atoms with Gasteiger partial charge >= 0.3 is 11.9 Å². The number of hydrogen-bond donors (Lipinski definition) is 6. The Morgan fingerprint density at radius 2 is 1.75 bits per heavy atom. The van der Waals surface area contributed by atoms with E-state index in [9.17, 15) is 40.2 Å². The monoisotopic (exact) mass is 632 g/mol. The first-order chi connectivity index (χ1) is 20.7. The standard InChI is InChI=1S/C29H44O15/c1-27(13-9-16(42-23(13)36)28(2)12(22(35)38-3)7-6-8-15(27)28)10-17(29(37)21(34)25(39-4)44-26(29)40-5)43-24-20(33)19(32)18(31)14(11-30)41-24/h7,13-21,24-26,30-34,37H,6,8-11H2,1-5H3/t13-,14+,15-,16-,17-,18+,19-,20+,21+,24-,25-,26+,27+,28-,29-/m0/s1. The Hall–Kier alpha value is -1.76. The molecule has 0 aromatic heterocycles. The van der Waals surface area contributed by atoms with E-state index in [1.54, 1.807) is 6.08 Å². The van der Waals surface area contributed by atoms with Crippen molar-refractivity contribution < 1.29 is 73.4 Å². The molecule has 6 N–H and O–H groups in total. The Morgan fingerprint density at radius 1 is 1.05 bits per heavy atom. The molecule has 3 heterocycles.